The Morgan fingerprint density at radius 2 is 1.59 bits per heavy atom. The summed E-state index contributed by atoms with van der Waals surface area (Å²) in [5.74, 6) is 0.682. The van der Waals surface area contributed by atoms with Gasteiger partial charge in [0.15, 0.2) is 0 Å². The molecule has 0 saturated heterocycles. The Morgan fingerprint density at radius 1 is 0.897 bits per heavy atom. The van der Waals surface area contributed by atoms with Crippen molar-refractivity contribution < 1.29 is 14.3 Å². The molecule has 0 spiro atoms. The molecule has 2 N–H and O–H groups in total. The zero-order valence-electron chi connectivity index (χ0n) is 16.0. The van der Waals surface area contributed by atoms with Gasteiger partial charge in [0.2, 0.25) is 0 Å². The number of amides is 3. The lowest BCUT2D eigenvalue weighted by molar-refractivity contribution is 0.0989. The van der Waals surface area contributed by atoms with E-state index in [1.54, 1.807) is 36.3 Å². The second-order valence-corrected chi connectivity index (χ2v) is 6.72. The van der Waals surface area contributed by atoms with Crippen LogP contribution in [0.25, 0.3) is 0 Å². The molecule has 0 unspecified atom stereocenters. The van der Waals surface area contributed by atoms with Crippen molar-refractivity contribution in [3.8, 4) is 5.75 Å². The van der Waals surface area contributed by atoms with Crippen LogP contribution in [0.3, 0.4) is 0 Å². The molecule has 0 atom stereocenters. The number of nitrogens with one attached hydrogen (secondary N) is 2. The minimum absolute atomic E-state index is 0.0378. The van der Waals surface area contributed by atoms with Crippen LogP contribution in [0, 0.1) is 0 Å². The fourth-order valence-corrected chi connectivity index (χ4v) is 3.37. The maximum absolute atomic E-state index is 12.9. The number of carbonyl (C=O) groups is 2. The monoisotopic (exact) mass is 387 g/mol. The molecular weight excluding hydrogens is 366 g/mol. The Balaban J connectivity index is 1.47. The summed E-state index contributed by atoms with van der Waals surface area (Å²) in [6.07, 6.45) is 0.798. The quantitative estimate of drug-likeness (QED) is 0.690. The normalized spacial score (nSPS) is 12.2. The van der Waals surface area contributed by atoms with Crippen LogP contribution in [0.4, 0.5) is 21.9 Å². The molecular formula is C23H21N3O3. The highest BCUT2D eigenvalue weighted by molar-refractivity contribution is 6.08. The van der Waals surface area contributed by atoms with E-state index < -0.39 is 0 Å². The van der Waals surface area contributed by atoms with E-state index in [0.29, 0.717) is 23.5 Å². The highest BCUT2D eigenvalue weighted by Gasteiger charge is 2.25. The maximum atomic E-state index is 12.9. The minimum atomic E-state index is -0.353. The molecule has 1 aliphatic rings. The fourth-order valence-electron chi connectivity index (χ4n) is 3.37. The first kappa shape index (κ1) is 18.6. The molecule has 6 nitrogen and oxygen atoms in total. The predicted octanol–water partition coefficient (Wildman–Crippen LogP) is 4.54. The van der Waals surface area contributed by atoms with E-state index in [1.165, 1.54) is 0 Å². The Morgan fingerprint density at radius 3 is 2.31 bits per heavy atom. The van der Waals surface area contributed by atoms with Gasteiger partial charge in [-0.2, -0.15) is 0 Å². The average Bonchev–Trinajstić information content (AvgIpc) is 3.17. The van der Waals surface area contributed by atoms with Gasteiger partial charge in [-0.3, -0.25) is 4.79 Å². The van der Waals surface area contributed by atoms with Crippen LogP contribution in [0.15, 0.2) is 72.8 Å². The van der Waals surface area contributed by atoms with E-state index in [0.717, 1.165) is 23.4 Å². The van der Waals surface area contributed by atoms with Crippen molar-refractivity contribution in [2.75, 3.05) is 29.2 Å². The molecule has 3 aromatic rings. The van der Waals surface area contributed by atoms with E-state index in [-0.39, 0.29) is 11.9 Å². The lowest BCUT2D eigenvalue weighted by Gasteiger charge is -2.18. The third-order valence-electron chi connectivity index (χ3n) is 4.85. The van der Waals surface area contributed by atoms with Crippen molar-refractivity contribution in [3.05, 3.63) is 83.9 Å². The van der Waals surface area contributed by atoms with Gasteiger partial charge in [-0.05, 0) is 60.5 Å². The lowest BCUT2D eigenvalue weighted by atomic mass is 10.1. The molecule has 0 radical (unpaired) electrons. The summed E-state index contributed by atoms with van der Waals surface area (Å²) in [6, 6.07) is 21.6. The number of benzene rings is 3. The Bertz CT molecular complexity index is 1030. The van der Waals surface area contributed by atoms with Gasteiger partial charge in [0, 0.05) is 29.2 Å². The third-order valence-corrected chi connectivity index (χ3v) is 4.85. The van der Waals surface area contributed by atoms with Gasteiger partial charge >= 0.3 is 6.03 Å². The summed E-state index contributed by atoms with van der Waals surface area (Å²) in [7, 11) is 1.59. The van der Waals surface area contributed by atoms with Gasteiger partial charge in [-0.15, -0.1) is 0 Å². The van der Waals surface area contributed by atoms with Crippen molar-refractivity contribution in [2.24, 2.45) is 0 Å². The van der Waals surface area contributed by atoms with E-state index in [2.05, 4.69) is 10.6 Å². The van der Waals surface area contributed by atoms with Crippen LogP contribution >= 0.6 is 0 Å². The maximum Gasteiger partial charge on any atom is 0.323 e. The van der Waals surface area contributed by atoms with Gasteiger partial charge in [0.05, 0.1) is 7.11 Å². The smallest absolute Gasteiger partial charge is 0.323 e. The molecule has 0 bridgehead atoms. The van der Waals surface area contributed by atoms with Gasteiger partial charge in [0.25, 0.3) is 5.91 Å². The number of ether oxygens (including phenoxy) is 1. The van der Waals surface area contributed by atoms with Crippen molar-refractivity contribution in [3.63, 3.8) is 0 Å². The summed E-state index contributed by atoms with van der Waals surface area (Å²) in [5, 5.41) is 5.61. The molecule has 4 rings (SSSR count). The fraction of sp³-hybridized carbons (Fsp3) is 0.130. The molecule has 6 heteroatoms. The highest BCUT2D eigenvalue weighted by atomic mass is 16.5. The first-order valence-electron chi connectivity index (χ1n) is 9.36. The summed E-state index contributed by atoms with van der Waals surface area (Å²) >= 11 is 0. The first-order chi connectivity index (χ1) is 14.1. The Hall–Kier alpha value is -3.80. The molecule has 0 aliphatic carbocycles. The summed E-state index contributed by atoms with van der Waals surface area (Å²) in [5.41, 5.74) is 3.86. The minimum Gasteiger partial charge on any atom is -0.497 e. The molecule has 1 heterocycles. The summed E-state index contributed by atoms with van der Waals surface area (Å²) in [4.78, 5) is 27.0. The molecule has 0 fully saturated rings. The van der Waals surface area contributed by atoms with Crippen LogP contribution in [-0.2, 0) is 6.42 Å². The average molecular weight is 387 g/mol. The lowest BCUT2D eigenvalue weighted by Crippen LogP contribution is -2.29. The number of methoxy groups -OCH3 is 1. The zero-order chi connectivity index (χ0) is 20.2. The first-order valence-corrected chi connectivity index (χ1v) is 9.36. The summed E-state index contributed by atoms with van der Waals surface area (Å²) in [6.45, 7) is 0.630. The van der Waals surface area contributed by atoms with Crippen LogP contribution in [0.2, 0.25) is 0 Å². The Labute approximate surface area is 169 Å². The van der Waals surface area contributed by atoms with E-state index >= 15 is 0 Å². The van der Waals surface area contributed by atoms with Gasteiger partial charge in [-0.1, -0.05) is 24.3 Å². The van der Waals surface area contributed by atoms with Crippen molar-refractivity contribution in [2.45, 2.75) is 6.42 Å². The number of rotatable bonds is 4. The van der Waals surface area contributed by atoms with Crippen molar-refractivity contribution in [1.82, 2.24) is 0 Å². The molecule has 3 aromatic carbocycles. The zero-order valence-corrected chi connectivity index (χ0v) is 16.0. The topological polar surface area (TPSA) is 70.7 Å². The number of nitrogens with zero attached hydrogens (tertiary/aromatic N) is 1. The van der Waals surface area contributed by atoms with Gasteiger partial charge in [0.1, 0.15) is 5.75 Å². The largest absolute Gasteiger partial charge is 0.497 e. The number of fused-ring (bicyclic) bond motifs is 1. The molecule has 29 heavy (non-hydrogen) atoms. The predicted molar refractivity (Wildman–Crippen MR) is 114 cm³/mol. The van der Waals surface area contributed by atoms with Crippen LogP contribution in [0.1, 0.15) is 15.9 Å². The number of anilines is 3. The number of hydrogen-bond acceptors (Lipinski definition) is 3. The van der Waals surface area contributed by atoms with E-state index in [1.807, 2.05) is 48.5 Å². The van der Waals surface area contributed by atoms with Crippen LogP contribution < -0.4 is 20.3 Å². The molecule has 1 aliphatic heterocycles. The second kappa shape index (κ2) is 8.06. The number of carbonyl (C=O) groups excluding carboxylic acids is 2. The molecule has 3 amide bonds. The van der Waals surface area contributed by atoms with Crippen molar-refractivity contribution in [1.29, 1.82) is 0 Å². The summed E-state index contributed by atoms with van der Waals surface area (Å²) < 4.78 is 5.11. The second-order valence-electron chi connectivity index (χ2n) is 6.72. The standard InChI is InChI=1S/C23H21N3O3/c1-29-20-11-9-18(10-12-20)24-23(28)25-19-8-7-16-13-14-26(21(16)15-19)22(27)17-5-3-2-4-6-17/h2-12,15H,13-14H2,1H3,(H2,24,25,28). The van der Waals surface area contributed by atoms with E-state index in [9.17, 15) is 9.59 Å². The Kier molecular flexibility index (Phi) is 5.16. The third kappa shape index (κ3) is 4.06. The molecule has 0 saturated carbocycles. The molecule has 146 valence electrons. The van der Waals surface area contributed by atoms with Crippen LogP contribution in [0.5, 0.6) is 5.75 Å². The van der Waals surface area contributed by atoms with Crippen molar-refractivity contribution >= 4 is 29.0 Å². The van der Waals surface area contributed by atoms with Gasteiger partial charge in [-0.25, -0.2) is 4.79 Å². The molecule has 0 aromatic heterocycles. The van der Waals surface area contributed by atoms with E-state index in [4.69, 9.17) is 4.74 Å². The van der Waals surface area contributed by atoms with Gasteiger partial charge < -0.3 is 20.3 Å². The number of urea groups is 1. The number of hydrogen-bond donors (Lipinski definition) is 2. The SMILES string of the molecule is COc1ccc(NC(=O)Nc2ccc3c(c2)N(C(=O)c2ccccc2)CC3)cc1. The van der Waals surface area contributed by atoms with Crippen LogP contribution in [-0.4, -0.2) is 25.6 Å². The highest BCUT2D eigenvalue weighted by Crippen LogP contribution is 2.32.